The second-order valence-electron chi connectivity index (χ2n) is 6.88. The molecule has 0 aliphatic heterocycles. The van der Waals surface area contributed by atoms with Gasteiger partial charge in [-0.2, -0.15) is 4.68 Å². The van der Waals surface area contributed by atoms with Crippen LogP contribution >= 0.6 is 11.8 Å². The minimum absolute atomic E-state index is 0.620. The molecule has 3 heterocycles. The molecular formula is C22H17N7S. The number of fused-ring (bicyclic) bond motifs is 1. The smallest absolute Gasteiger partial charge is 0.220 e. The Morgan fingerprint density at radius 1 is 0.933 bits per heavy atom. The monoisotopic (exact) mass is 411 g/mol. The van der Waals surface area contributed by atoms with Crippen molar-refractivity contribution in [3.8, 4) is 17.1 Å². The molecule has 3 aromatic heterocycles. The molecule has 0 bridgehead atoms. The van der Waals surface area contributed by atoms with E-state index in [2.05, 4.69) is 46.5 Å². The van der Waals surface area contributed by atoms with Gasteiger partial charge in [0.05, 0.1) is 11.2 Å². The second-order valence-corrected chi connectivity index (χ2v) is 7.83. The van der Waals surface area contributed by atoms with Crippen molar-refractivity contribution in [1.82, 2.24) is 35.2 Å². The predicted molar refractivity (Wildman–Crippen MR) is 116 cm³/mol. The van der Waals surface area contributed by atoms with Gasteiger partial charge in [0.1, 0.15) is 5.03 Å². The third kappa shape index (κ3) is 3.42. The van der Waals surface area contributed by atoms with E-state index in [1.54, 1.807) is 17.1 Å². The number of benzene rings is 2. The largest absolute Gasteiger partial charge is 0.264 e. The molecule has 5 aromatic rings. The molecule has 0 amide bonds. The third-order valence-electron chi connectivity index (χ3n) is 4.70. The van der Waals surface area contributed by atoms with Crippen LogP contribution in [-0.2, 0) is 0 Å². The fourth-order valence-electron chi connectivity index (χ4n) is 3.27. The zero-order chi connectivity index (χ0) is 20.5. The van der Waals surface area contributed by atoms with Gasteiger partial charge in [-0.05, 0) is 65.9 Å². The first-order valence-corrected chi connectivity index (χ1v) is 10.2. The van der Waals surface area contributed by atoms with Crippen molar-refractivity contribution in [1.29, 1.82) is 0 Å². The van der Waals surface area contributed by atoms with E-state index < -0.39 is 0 Å². The molecule has 0 saturated carbocycles. The SMILES string of the molecule is Cc1ccc(-n2nnnc2Sc2nc(-c3cccnc3)nc3ccccc23)c(C)c1. The molecule has 0 N–H and O–H groups in total. The van der Waals surface area contributed by atoms with E-state index in [0.717, 1.165) is 32.7 Å². The van der Waals surface area contributed by atoms with Gasteiger partial charge in [0.25, 0.3) is 0 Å². The lowest BCUT2D eigenvalue weighted by Crippen LogP contribution is -2.02. The Labute approximate surface area is 177 Å². The molecule has 0 aliphatic carbocycles. The lowest BCUT2D eigenvalue weighted by molar-refractivity contribution is 0.751. The molecule has 0 radical (unpaired) electrons. The highest BCUT2D eigenvalue weighted by Crippen LogP contribution is 2.33. The molecule has 0 aliphatic rings. The number of nitrogens with zero attached hydrogens (tertiary/aromatic N) is 7. The maximum Gasteiger partial charge on any atom is 0.220 e. The fraction of sp³-hybridized carbons (Fsp3) is 0.0909. The first kappa shape index (κ1) is 18.4. The normalized spacial score (nSPS) is 11.1. The number of hydrogen-bond acceptors (Lipinski definition) is 7. The van der Waals surface area contributed by atoms with Gasteiger partial charge in [0, 0.05) is 23.3 Å². The van der Waals surface area contributed by atoms with Crippen LogP contribution in [-0.4, -0.2) is 35.2 Å². The summed E-state index contributed by atoms with van der Waals surface area (Å²) in [5, 5.41) is 14.8. The predicted octanol–water partition coefficient (Wildman–Crippen LogP) is 4.44. The molecule has 0 saturated heterocycles. The average molecular weight is 411 g/mol. The quantitative estimate of drug-likeness (QED) is 0.404. The minimum atomic E-state index is 0.620. The number of aromatic nitrogens is 7. The molecule has 7 nitrogen and oxygen atoms in total. The molecule has 0 unspecified atom stereocenters. The van der Waals surface area contributed by atoms with Crippen LogP contribution in [0, 0.1) is 13.8 Å². The van der Waals surface area contributed by atoms with E-state index in [4.69, 9.17) is 9.97 Å². The number of aryl methyl sites for hydroxylation is 2. The summed E-state index contributed by atoms with van der Waals surface area (Å²) in [5.41, 5.74) is 4.96. The molecule has 0 atom stereocenters. The summed E-state index contributed by atoms with van der Waals surface area (Å²) >= 11 is 1.42. The van der Waals surface area contributed by atoms with Crippen LogP contribution in [0.15, 0.2) is 77.2 Å². The summed E-state index contributed by atoms with van der Waals surface area (Å²) in [5.74, 6) is 0.620. The van der Waals surface area contributed by atoms with E-state index in [0.29, 0.717) is 11.0 Å². The van der Waals surface area contributed by atoms with Gasteiger partial charge in [0.2, 0.25) is 5.16 Å². The van der Waals surface area contributed by atoms with Crippen molar-refractivity contribution >= 4 is 22.7 Å². The van der Waals surface area contributed by atoms with Crippen LogP contribution in [0.2, 0.25) is 0 Å². The zero-order valence-corrected chi connectivity index (χ0v) is 17.2. The van der Waals surface area contributed by atoms with Gasteiger partial charge in [-0.25, -0.2) is 9.97 Å². The molecule has 146 valence electrons. The molecule has 0 spiro atoms. The Morgan fingerprint density at radius 2 is 1.83 bits per heavy atom. The summed E-state index contributed by atoms with van der Waals surface area (Å²) < 4.78 is 1.75. The second kappa shape index (κ2) is 7.64. The molecule has 2 aromatic carbocycles. The highest BCUT2D eigenvalue weighted by atomic mass is 32.2. The van der Waals surface area contributed by atoms with Crippen LogP contribution < -0.4 is 0 Å². The van der Waals surface area contributed by atoms with Gasteiger partial charge in [-0.15, -0.1) is 5.10 Å². The number of pyridine rings is 1. The molecule has 0 fully saturated rings. The fourth-order valence-corrected chi connectivity index (χ4v) is 4.16. The zero-order valence-electron chi connectivity index (χ0n) is 16.4. The Bertz CT molecular complexity index is 1350. The van der Waals surface area contributed by atoms with E-state index in [-0.39, 0.29) is 0 Å². The first-order valence-electron chi connectivity index (χ1n) is 9.40. The summed E-state index contributed by atoms with van der Waals surface area (Å²) in [6.07, 6.45) is 3.50. The Balaban J connectivity index is 1.62. The van der Waals surface area contributed by atoms with Gasteiger partial charge >= 0.3 is 0 Å². The molecular weight excluding hydrogens is 394 g/mol. The molecule has 5 rings (SSSR count). The maximum absolute atomic E-state index is 4.82. The summed E-state index contributed by atoms with van der Waals surface area (Å²) in [4.78, 5) is 13.7. The van der Waals surface area contributed by atoms with Crippen molar-refractivity contribution in [2.24, 2.45) is 0 Å². The number of tetrazole rings is 1. The van der Waals surface area contributed by atoms with Crippen LogP contribution in [0.25, 0.3) is 28.0 Å². The van der Waals surface area contributed by atoms with Crippen molar-refractivity contribution in [3.05, 3.63) is 78.1 Å². The Kier molecular flexibility index (Phi) is 4.68. The maximum atomic E-state index is 4.82. The first-order chi connectivity index (χ1) is 14.7. The van der Waals surface area contributed by atoms with E-state index in [1.807, 2.05) is 42.5 Å². The summed E-state index contributed by atoms with van der Waals surface area (Å²) in [6.45, 7) is 4.12. The van der Waals surface area contributed by atoms with Gasteiger partial charge in [-0.1, -0.05) is 35.9 Å². The average Bonchev–Trinajstić information content (AvgIpc) is 3.22. The van der Waals surface area contributed by atoms with E-state index >= 15 is 0 Å². The van der Waals surface area contributed by atoms with Gasteiger partial charge < -0.3 is 0 Å². The topological polar surface area (TPSA) is 82.3 Å². The summed E-state index contributed by atoms with van der Waals surface area (Å²) in [7, 11) is 0. The molecule has 30 heavy (non-hydrogen) atoms. The van der Waals surface area contributed by atoms with Gasteiger partial charge in [-0.3, -0.25) is 4.98 Å². The highest BCUT2D eigenvalue weighted by molar-refractivity contribution is 7.99. The van der Waals surface area contributed by atoms with Crippen molar-refractivity contribution in [2.75, 3.05) is 0 Å². The van der Waals surface area contributed by atoms with Gasteiger partial charge in [0.15, 0.2) is 5.82 Å². The lowest BCUT2D eigenvalue weighted by Gasteiger charge is -2.10. The third-order valence-corrected chi connectivity index (χ3v) is 5.64. The number of hydrogen-bond donors (Lipinski definition) is 0. The van der Waals surface area contributed by atoms with Crippen LogP contribution in [0.4, 0.5) is 0 Å². The number of para-hydroxylation sites is 1. The van der Waals surface area contributed by atoms with Crippen LogP contribution in [0.5, 0.6) is 0 Å². The van der Waals surface area contributed by atoms with Crippen molar-refractivity contribution in [3.63, 3.8) is 0 Å². The lowest BCUT2D eigenvalue weighted by atomic mass is 10.1. The van der Waals surface area contributed by atoms with Crippen LogP contribution in [0.3, 0.4) is 0 Å². The van der Waals surface area contributed by atoms with E-state index in [9.17, 15) is 0 Å². The summed E-state index contributed by atoms with van der Waals surface area (Å²) in [6, 6.07) is 18.0. The Morgan fingerprint density at radius 3 is 2.67 bits per heavy atom. The Hall–Kier alpha value is -3.65. The van der Waals surface area contributed by atoms with Crippen LogP contribution in [0.1, 0.15) is 11.1 Å². The minimum Gasteiger partial charge on any atom is -0.264 e. The van der Waals surface area contributed by atoms with Crippen molar-refractivity contribution < 1.29 is 0 Å². The van der Waals surface area contributed by atoms with Crippen molar-refractivity contribution in [2.45, 2.75) is 24.0 Å². The highest BCUT2D eigenvalue weighted by Gasteiger charge is 2.16. The molecule has 8 heteroatoms. The standard InChI is InChI=1S/C22H17N7S/c1-14-9-10-19(15(2)12-14)29-22(26-27-28-29)30-21-17-7-3-4-8-18(17)24-20(25-21)16-6-5-11-23-13-16/h3-13H,1-2H3. The van der Waals surface area contributed by atoms with E-state index in [1.165, 1.54) is 17.3 Å². The number of rotatable bonds is 4.